The lowest BCUT2D eigenvalue weighted by molar-refractivity contribution is -0.143. The third kappa shape index (κ3) is 2.42. The number of carbonyl (C=O) groups is 2. The Morgan fingerprint density at radius 1 is 1.24 bits per heavy atom. The molecule has 2 saturated carbocycles. The number of hydrogen-bond donors (Lipinski definition) is 1. The molecule has 3 rings (SSSR count). The topological polar surface area (TPSA) is 54.4 Å². The van der Waals surface area contributed by atoms with Gasteiger partial charge in [-0.1, -0.05) is 39.0 Å². The fourth-order valence-electron chi connectivity index (χ4n) is 6.05. The van der Waals surface area contributed by atoms with E-state index in [0.29, 0.717) is 25.0 Å². The highest BCUT2D eigenvalue weighted by molar-refractivity contribution is 5.90. The van der Waals surface area contributed by atoms with Crippen LogP contribution in [0.2, 0.25) is 0 Å². The Bertz CT molecular complexity index is 635. The van der Waals surface area contributed by atoms with E-state index >= 15 is 0 Å². The minimum absolute atomic E-state index is 0.0161. The molecule has 0 aromatic carbocycles. The number of carbonyl (C=O) groups excluding carboxylic acids is 2. The van der Waals surface area contributed by atoms with Crippen molar-refractivity contribution in [1.82, 2.24) is 0 Å². The highest BCUT2D eigenvalue weighted by Crippen LogP contribution is 2.65. The Morgan fingerprint density at radius 2 is 1.92 bits per heavy atom. The highest BCUT2D eigenvalue weighted by Gasteiger charge is 2.64. The van der Waals surface area contributed by atoms with Gasteiger partial charge >= 0.3 is 0 Å². The summed E-state index contributed by atoms with van der Waals surface area (Å²) in [4.78, 5) is 26.0. The van der Waals surface area contributed by atoms with E-state index in [1.54, 1.807) is 6.08 Å². The predicted octanol–water partition coefficient (Wildman–Crippen LogP) is 4.11. The van der Waals surface area contributed by atoms with Crippen molar-refractivity contribution in [3.8, 4) is 0 Å². The summed E-state index contributed by atoms with van der Waals surface area (Å²) in [5.74, 6) is 0.557. The molecule has 3 heteroatoms. The average molecular weight is 344 g/mol. The van der Waals surface area contributed by atoms with Crippen LogP contribution in [0.5, 0.6) is 0 Å². The Balaban J connectivity index is 2.12. The molecular weight excluding hydrogens is 312 g/mol. The van der Waals surface area contributed by atoms with E-state index < -0.39 is 16.9 Å². The minimum atomic E-state index is -0.700. The second-order valence-corrected chi connectivity index (χ2v) is 9.27. The first-order valence-corrected chi connectivity index (χ1v) is 9.69. The summed E-state index contributed by atoms with van der Waals surface area (Å²) in [6.07, 6.45) is 8.57. The van der Waals surface area contributed by atoms with Gasteiger partial charge in [-0.2, -0.15) is 0 Å². The molecule has 0 saturated heterocycles. The van der Waals surface area contributed by atoms with E-state index in [-0.39, 0.29) is 29.0 Å². The third-order valence-electron chi connectivity index (χ3n) is 7.94. The largest absolute Gasteiger partial charge is 0.392 e. The van der Waals surface area contributed by atoms with Gasteiger partial charge in [-0.05, 0) is 44.4 Å². The Hall–Kier alpha value is -1.22. The molecule has 25 heavy (non-hydrogen) atoms. The molecule has 3 nitrogen and oxygen atoms in total. The van der Waals surface area contributed by atoms with Crippen LogP contribution in [0.4, 0.5) is 0 Å². The van der Waals surface area contributed by atoms with Crippen molar-refractivity contribution in [1.29, 1.82) is 0 Å². The summed E-state index contributed by atoms with van der Waals surface area (Å²) in [6, 6.07) is 0. The summed E-state index contributed by atoms with van der Waals surface area (Å²) in [6.45, 7) is 12.1. The second kappa shape index (κ2) is 5.90. The van der Waals surface area contributed by atoms with Gasteiger partial charge in [0.05, 0.1) is 11.5 Å². The maximum Gasteiger partial charge on any atom is 0.145 e. The monoisotopic (exact) mass is 344 g/mol. The molecule has 0 aromatic heterocycles. The zero-order chi connectivity index (χ0) is 18.6. The number of aliphatic hydroxyl groups is 1. The van der Waals surface area contributed by atoms with Crippen LogP contribution in [-0.4, -0.2) is 22.8 Å². The van der Waals surface area contributed by atoms with Crippen LogP contribution in [0.25, 0.3) is 0 Å². The van der Waals surface area contributed by atoms with Gasteiger partial charge in [0.25, 0.3) is 0 Å². The normalized spacial score (nSPS) is 50.4. The summed E-state index contributed by atoms with van der Waals surface area (Å²) >= 11 is 0. The molecule has 0 heterocycles. The van der Waals surface area contributed by atoms with Crippen molar-refractivity contribution in [3.63, 3.8) is 0 Å². The van der Waals surface area contributed by atoms with Crippen LogP contribution >= 0.6 is 0 Å². The molecule has 3 aliphatic rings. The van der Waals surface area contributed by atoms with Gasteiger partial charge in [-0.3, -0.25) is 9.59 Å². The van der Waals surface area contributed by atoms with Gasteiger partial charge in [0.15, 0.2) is 0 Å². The van der Waals surface area contributed by atoms with Crippen LogP contribution in [-0.2, 0) is 9.59 Å². The first-order chi connectivity index (χ1) is 11.6. The molecule has 3 unspecified atom stereocenters. The van der Waals surface area contributed by atoms with E-state index in [1.807, 2.05) is 13.8 Å². The van der Waals surface area contributed by atoms with Gasteiger partial charge in [-0.15, -0.1) is 6.58 Å². The van der Waals surface area contributed by atoms with Crippen molar-refractivity contribution < 1.29 is 14.7 Å². The third-order valence-corrected chi connectivity index (χ3v) is 7.94. The van der Waals surface area contributed by atoms with Crippen molar-refractivity contribution in [2.45, 2.75) is 65.9 Å². The van der Waals surface area contributed by atoms with Crippen molar-refractivity contribution in [2.24, 2.45) is 34.0 Å². The zero-order valence-electron chi connectivity index (χ0n) is 16.0. The Kier molecular flexibility index (Phi) is 4.39. The number of aliphatic hydroxyl groups excluding tert-OH is 1. The number of Topliss-reactive ketones (excluding diaryl/α,β-unsaturated/α-hetero) is 2. The number of allylic oxidation sites excluding steroid dienone is 3. The van der Waals surface area contributed by atoms with Gasteiger partial charge in [0, 0.05) is 23.2 Å². The van der Waals surface area contributed by atoms with Crippen LogP contribution in [0.15, 0.2) is 24.8 Å². The number of fused-ring (bicyclic) bond motifs is 2. The molecule has 7 atom stereocenters. The fourth-order valence-corrected chi connectivity index (χ4v) is 6.05. The van der Waals surface area contributed by atoms with E-state index in [4.69, 9.17) is 0 Å². The zero-order valence-corrected chi connectivity index (χ0v) is 16.0. The lowest BCUT2D eigenvalue weighted by Gasteiger charge is -2.49. The fraction of sp³-hybridized carbons (Fsp3) is 0.727. The first kappa shape index (κ1) is 18.6. The molecule has 1 N–H and O–H groups in total. The predicted molar refractivity (Wildman–Crippen MR) is 98.9 cm³/mol. The summed E-state index contributed by atoms with van der Waals surface area (Å²) in [5, 5.41) is 11.2. The maximum atomic E-state index is 13.0. The van der Waals surface area contributed by atoms with Crippen molar-refractivity contribution in [3.05, 3.63) is 24.8 Å². The lowest BCUT2D eigenvalue weighted by atomic mass is 9.55. The quantitative estimate of drug-likeness (QED) is 0.729. The Morgan fingerprint density at radius 3 is 2.52 bits per heavy atom. The van der Waals surface area contributed by atoms with Crippen LogP contribution < -0.4 is 0 Å². The molecule has 2 fully saturated rings. The SMILES string of the molecule is C=C[C@]1(C)C[C@@H](O)[C@]2(C)C(C)CC3(C=CCCC3=O)[C@@H]2CC(C)C1=O. The molecule has 3 aliphatic carbocycles. The molecule has 1 spiro atoms. The lowest BCUT2D eigenvalue weighted by Crippen LogP contribution is -2.51. The summed E-state index contributed by atoms with van der Waals surface area (Å²) < 4.78 is 0. The first-order valence-electron chi connectivity index (χ1n) is 9.69. The molecule has 0 amide bonds. The molecule has 0 aromatic rings. The molecule has 0 bridgehead atoms. The van der Waals surface area contributed by atoms with Gasteiger partial charge in [0.2, 0.25) is 0 Å². The molecule has 0 radical (unpaired) electrons. The smallest absolute Gasteiger partial charge is 0.145 e. The van der Waals surface area contributed by atoms with E-state index in [9.17, 15) is 14.7 Å². The maximum absolute atomic E-state index is 13.0. The number of ketones is 2. The van der Waals surface area contributed by atoms with Crippen LogP contribution in [0.1, 0.15) is 59.8 Å². The van der Waals surface area contributed by atoms with Crippen LogP contribution in [0.3, 0.4) is 0 Å². The molecule has 0 aliphatic heterocycles. The summed E-state index contributed by atoms with van der Waals surface area (Å²) in [5.41, 5.74) is -1.56. The number of hydrogen-bond acceptors (Lipinski definition) is 3. The van der Waals surface area contributed by atoms with E-state index in [2.05, 4.69) is 32.6 Å². The second-order valence-electron chi connectivity index (χ2n) is 9.27. The van der Waals surface area contributed by atoms with Gasteiger partial charge in [0.1, 0.15) is 11.6 Å². The van der Waals surface area contributed by atoms with Gasteiger partial charge in [-0.25, -0.2) is 0 Å². The number of rotatable bonds is 1. The van der Waals surface area contributed by atoms with Crippen LogP contribution in [0, 0.1) is 34.0 Å². The standard InChI is InChI=1S/C22H32O3/c1-6-20(4)13-18(24)21(5)15(3)12-22(10-8-7-9-17(22)23)16(21)11-14(2)19(20)25/h6,8,10,14-16,18,24H,1,7,9,11-13H2,2-5H3/t14?,15?,16-,18-,20-,21-,22?/m1/s1. The summed E-state index contributed by atoms with van der Waals surface area (Å²) in [7, 11) is 0. The minimum Gasteiger partial charge on any atom is -0.392 e. The van der Waals surface area contributed by atoms with Gasteiger partial charge < -0.3 is 5.11 Å². The Labute approximate surface area is 151 Å². The van der Waals surface area contributed by atoms with E-state index in [1.165, 1.54) is 0 Å². The average Bonchev–Trinajstić information content (AvgIpc) is 2.79. The van der Waals surface area contributed by atoms with E-state index in [0.717, 1.165) is 12.8 Å². The molecule has 138 valence electrons. The highest BCUT2D eigenvalue weighted by atomic mass is 16.3. The van der Waals surface area contributed by atoms with Crippen molar-refractivity contribution in [2.75, 3.05) is 0 Å². The molecular formula is C22H32O3. The van der Waals surface area contributed by atoms with Crippen molar-refractivity contribution >= 4 is 11.6 Å².